The topological polar surface area (TPSA) is 102 Å². The highest BCUT2D eigenvalue weighted by Gasteiger charge is 2.45. The van der Waals surface area contributed by atoms with Crippen LogP contribution in [0.3, 0.4) is 0 Å². The van der Waals surface area contributed by atoms with Gasteiger partial charge in [0.2, 0.25) is 0 Å². The van der Waals surface area contributed by atoms with Crippen LogP contribution < -0.4 is 15.2 Å². The Balaban J connectivity index is 1.67. The summed E-state index contributed by atoms with van der Waals surface area (Å²) in [6, 6.07) is 13.7. The van der Waals surface area contributed by atoms with E-state index < -0.39 is 15.8 Å². The molecular formula is C22H27N3O4S. The van der Waals surface area contributed by atoms with Gasteiger partial charge in [0.05, 0.1) is 12.0 Å². The number of Topliss-reactive ketones (excluding diaryl/α,β-unsaturated/α-hetero) is 1. The zero-order valence-corrected chi connectivity index (χ0v) is 17.9. The number of anilines is 2. The highest BCUT2D eigenvalue weighted by Crippen LogP contribution is 2.44. The number of ether oxygens (including phenoxy) is 1. The van der Waals surface area contributed by atoms with Crippen LogP contribution in [-0.4, -0.2) is 37.2 Å². The van der Waals surface area contributed by atoms with E-state index in [1.807, 2.05) is 42.5 Å². The van der Waals surface area contributed by atoms with Gasteiger partial charge in [-0.15, -0.1) is 0 Å². The molecule has 0 bridgehead atoms. The third-order valence-corrected chi connectivity index (χ3v) is 6.99. The molecule has 2 heterocycles. The highest BCUT2D eigenvalue weighted by atomic mass is 32.2. The predicted molar refractivity (Wildman–Crippen MR) is 116 cm³/mol. The summed E-state index contributed by atoms with van der Waals surface area (Å²) in [6.45, 7) is 2.61. The molecule has 0 radical (unpaired) electrons. The second-order valence-electron chi connectivity index (χ2n) is 8.04. The number of nitrogens with one attached hydrogen (secondary N) is 1. The second kappa shape index (κ2) is 8.02. The van der Waals surface area contributed by atoms with Gasteiger partial charge >= 0.3 is 0 Å². The molecule has 8 heteroatoms. The lowest BCUT2D eigenvalue weighted by atomic mass is 9.82. The van der Waals surface area contributed by atoms with Gasteiger partial charge in [-0.05, 0) is 30.7 Å². The van der Waals surface area contributed by atoms with Crippen LogP contribution in [0.25, 0.3) is 0 Å². The van der Waals surface area contributed by atoms with Crippen molar-refractivity contribution in [1.82, 2.24) is 4.31 Å². The average molecular weight is 430 g/mol. The summed E-state index contributed by atoms with van der Waals surface area (Å²) in [6.07, 6.45) is 2.82. The number of rotatable bonds is 5. The van der Waals surface area contributed by atoms with Crippen molar-refractivity contribution in [2.75, 3.05) is 18.4 Å². The second-order valence-corrected chi connectivity index (χ2v) is 9.58. The van der Waals surface area contributed by atoms with Gasteiger partial charge in [0, 0.05) is 42.9 Å². The average Bonchev–Trinajstić information content (AvgIpc) is 2.70. The minimum Gasteiger partial charge on any atom is -0.486 e. The molecule has 0 saturated carbocycles. The van der Waals surface area contributed by atoms with E-state index in [0.29, 0.717) is 24.2 Å². The van der Waals surface area contributed by atoms with Gasteiger partial charge in [0.25, 0.3) is 10.2 Å². The molecule has 7 nitrogen and oxygen atoms in total. The van der Waals surface area contributed by atoms with Gasteiger partial charge in [-0.2, -0.15) is 12.7 Å². The van der Waals surface area contributed by atoms with Crippen LogP contribution in [0.4, 0.5) is 11.4 Å². The smallest absolute Gasteiger partial charge is 0.276 e. The van der Waals surface area contributed by atoms with Gasteiger partial charge in [-0.25, -0.2) is 5.14 Å². The van der Waals surface area contributed by atoms with Crippen LogP contribution in [0.2, 0.25) is 0 Å². The molecule has 0 unspecified atom stereocenters. The molecule has 1 spiro atoms. The van der Waals surface area contributed by atoms with Crippen LogP contribution in [0.1, 0.15) is 48.5 Å². The summed E-state index contributed by atoms with van der Waals surface area (Å²) < 4.78 is 31.1. The van der Waals surface area contributed by atoms with Crippen LogP contribution in [0.15, 0.2) is 42.5 Å². The van der Waals surface area contributed by atoms with Crippen molar-refractivity contribution >= 4 is 27.4 Å². The van der Waals surface area contributed by atoms with E-state index in [4.69, 9.17) is 9.88 Å². The molecule has 2 aromatic rings. The summed E-state index contributed by atoms with van der Waals surface area (Å²) in [4.78, 5) is 13.0. The third kappa shape index (κ3) is 4.08. The van der Waals surface area contributed by atoms with Crippen molar-refractivity contribution in [1.29, 1.82) is 0 Å². The molecule has 30 heavy (non-hydrogen) atoms. The summed E-state index contributed by atoms with van der Waals surface area (Å²) in [5, 5.41) is 8.72. The van der Waals surface area contributed by atoms with E-state index in [9.17, 15) is 13.2 Å². The third-order valence-electron chi connectivity index (χ3n) is 5.91. The fourth-order valence-corrected chi connectivity index (χ4v) is 5.02. The maximum atomic E-state index is 13.0. The van der Waals surface area contributed by atoms with Gasteiger partial charge in [-0.1, -0.05) is 31.5 Å². The van der Waals surface area contributed by atoms with E-state index in [1.165, 1.54) is 4.31 Å². The van der Waals surface area contributed by atoms with E-state index >= 15 is 0 Å². The molecule has 3 N–H and O–H groups in total. The maximum Gasteiger partial charge on any atom is 0.276 e. The molecule has 2 aliphatic heterocycles. The molecular weight excluding hydrogens is 402 g/mol. The molecule has 0 aliphatic carbocycles. The number of carbonyl (C=O) groups excluding carboxylic acids is 1. The lowest BCUT2D eigenvalue weighted by molar-refractivity contribution is 0.00524. The summed E-state index contributed by atoms with van der Waals surface area (Å²) in [7, 11) is -3.73. The number of piperidine rings is 1. The first kappa shape index (κ1) is 20.8. The van der Waals surface area contributed by atoms with Gasteiger partial charge in [-0.3, -0.25) is 4.79 Å². The Morgan fingerprint density at radius 1 is 1.13 bits per heavy atom. The number of carbonyl (C=O) groups is 1. The van der Waals surface area contributed by atoms with Crippen molar-refractivity contribution in [3.63, 3.8) is 0 Å². The van der Waals surface area contributed by atoms with E-state index in [-0.39, 0.29) is 25.3 Å². The zero-order chi connectivity index (χ0) is 21.4. The van der Waals surface area contributed by atoms with Crippen molar-refractivity contribution < 1.29 is 17.9 Å². The molecule has 1 fully saturated rings. The monoisotopic (exact) mass is 429 g/mol. The predicted octanol–water partition coefficient (Wildman–Crippen LogP) is 3.39. The van der Waals surface area contributed by atoms with E-state index in [1.54, 1.807) is 0 Å². The van der Waals surface area contributed by atoms with E-state index in [0.717, 1.165) is 29.8 Å². The molecule has 160 valence electrons. The maximum absolute atomic E-state index is 13.0. The molecule has 4 rings (SSSR count). The van der Waals surface area contributed by atoms with Crippen molar-refractivity contribution in [3.8, 4) is 5.75 Å². The molecule has 2 aliphatic rings. The standard InChI is InChI=1S/C22H27N3O4S/c1-2-6-17-19(24-16-7-4-3-5-8-16)10-9-18-20(26)15-22(29-21(17)18)11-13-25(14-12-22)30(23,27)28/h3-5,7-10,24H,2,6,11-15H2,1H3,(H2,23,27,28). The fraction of sp³-hybridized carbons (Fsp3) is 0.409. The van der Waals surface area contributed by atoms with Crippen molar-refractivity contribution in [2.24, 2.45) is 5.14 Å². The minimum absolute atomic E-state index is 0.0453. The SMILES string of the molecule is CCCc1c(Nc2ccccc2)ccc2c1OC1(CCN(S(N)(=O)=O)CC1)CC2=O. The number of nitrogens with zero attached hydrogens (tertiary/aromatic N) is 1. The Labute approximate surface area is 177 Å². The number of fused-ring (bicyclic) bond motifs is 1. The lowest BCUT2D eigenvalue weighted by Gasteiger charge is -2.43. The quantitative estimate of drug-likeness (QED) is 0.759. The molecule has 1 saturated heterocycles. The van der Waals surface area contributed by atoms with Gasteiger partial charge in [0.15, 0.2) is 5.78 Å². The fourth-order valence-electron chi connectivity index (χ4n) is 4.32. The van der Waals surface area contributed by atoms with Crippen LogP contribution in [0, 0.1) is 0 Å². The Morgan fingerprint density at radius 2 is 1.83 bits per heavy atom. The van der Waals surface area contributed by atoms with Crippen LogP contribution in [0.5, 0.6) is 5.75 Å². The van der Waals surface area contributed by atoms with Crippen molar-refractivity contribution in [3.05, 3.63) is 53.6 Å². The number of nitrogens with two attached hydrogens (primary N) is 1. The summed E-state index contributed by atoms with van der Waals surface area (Å²) >= 11 is 0. The first-order valence-electron chi connectivity index (χ1n) is 10.3. The number of ketones is 1. The Bertz CT molecular complexity index is 1050. The number of para-hydroxylation sites is 1. The molecule has 0 amide bonds. The highest BCUT2D eigenvalue weighted by molar-refractivity contribution is 7.86. The molecule has 0 atom stereocenters. The Hall–Kier alpha value is -2.42. The lowest BCUT2D eigenvalue weighted by Crippen LogP contribution is -2.53. The normalized spacial score (nSPS) is 18.7. The molecule has 0 aromatic heterocycles. The number of hydrogen-bond donors (Lipinski definition) is 2. The van der Waals surface area contributed by atoms with Crippen LogP contribution in [-0.2, 0) is 16.6 Å². The van der Waals surface area contributed by atoms with Gasteiger partial charge < -0.3 is 10.1 Å². The Kier molecular flexibility index (Phi) is 5.57. The molecule has 2 aromatic carbocycles. The number of benzene rings is 2. The Morgan fingerprint density at radius 3 is 2.47 bits per heavy atom. The van der Waals surface area contributed by atoms with Crippen molar-refractivity contribution in [2.45, 2.75) is 44.6 Å². The summed E-state index contributed by atoms with van der Waals surface area (Å²) in [5.74, 6) is 0.682. The number of hydrogen-bond acceptors (Lipinski definition) is 5. The largest absolute Gasteiger partial charge is 0.486 e. The van der Waals surface area contributed by atoms with E-state index in [2.05, 4.69) is 12.2 Å². The van der Waals surface area contributed by atoms with Crippen LogP contribution >= 0.6 is 0 Å². The van der Waals surface area contributed by atoms with Gasteiger partial charge in [0.1, 0.15) is 11.4 Å². The first-order chi connectivity index (χ1) is 14.3. The first-order valence-corrected chi connectivity index (χ1v) is 11.8. The summed E-state index contributed by atoms with van der Waals surface area (Å²) in [5.41, 5.74) is 2.80. The zero-order valence-electron chi connectivity index (χ0n) is 17.1. The minimum atomic E-state index is -3.73.